The first kappa shape index (κ1) is 10.2. The lowest BCUT2D eigenvalue weighted by molar-refractivity contribution is -0.135. The molecule has 0 radical (unpaired) electrons. The lowest BCUT2D eigenvalue weighted by atomic mass is 10.2. The van der Waals surface area contributed by atoms with Crippen LogP contribution in [0.2, 0.25) is 0 Å². The van der Waals surface area contributed by atoms with E-state index in [0.717, 1.165) is 6.08 Å². The summed E-state index contributed by atoms with van der Waals surface area (Å²) in [5, 5.41) is 19.3. The molecule has 1 N–H and O–H groups in total. The first-order valence-corrected chi connectivity index (χ1v) is 3.04. The molecule has 0 atom stereocenters. The van der Waals surface area contributed by atoms with Gasteiger partial charge in [-0.05, 0) is 6.92 Å². The van der Waals surface area contributed by atoms with Crippen molar-refractivity contribution in [2.45, 2.75) is 6.92 Å². The second-order valence-corrected chi connectivity index (χ2v) is 1.86. The van der Waals surface area contributed by atoms with E-state index in [1.165, 1.54) is 14.0 Å². The van der Waals surface area contributed by atoms with Crippen LogP contribution >= 0.6 is 0 Å². The van der Waals surface area contributed by atoms with E-state index in [4.69, 9.17) is 10.5 Å². The first-order valence-electron chi connectivity index (χ1n) is 3.04. The van der Waals surface area contributed by atoms with E-state index in [1.54, 1.807) is 6.07 Å². The maximum Gasteiger partial charge on any atom is 0.340 e. The van der Waals surface area contributed by atoms with Gasteiger partial charge in [-0.25, -0.2) is 4.79 Å². The molecule has 0 aromatic heterocycles. The third-order valence-corrected chi connectivity index (χ3v) is 1.15. The Hall–Kier alpha value is -1.83. The highest BCUT2D eigenvalue weighted by Crippen LogP contribution is 1.99. The molecule has 0 heterocycles. The number of rotatable bonds is 2. The van der Waals surface area contributed by atoms with Crippen molar-refractivity contribution in [3.63, 3.8) is 0 Å². The van der Waals surface area contributed by atoms with E-state index in [-0.39, 0.29) is 11.3 Å². The maximum atomic E-state index is 10.9. The van der Waals surface area contributed by atoms with E-state index >= 15 is 0 Å². The van der Waals surface area contributed by atoms with Crippen LogP contribution in [-0.2, 0) is 9.53 Å². The minimum absolute atomic E-state index is 0.0448. The summed E-state index contributed by atoms with van der Waals surface area (Å²) in [6.45, 7) is 1.39. The number of nitrogens with zero attached hydrogens (tertiary/aromatic N) is 2. The van der Waals surface area contributed by atoms with Gasteiger partial charge in [0.25, 0.3) is 0 Å². The second-order valence-electron chi connectivity index (χ2n) is 1.86. The van der Waals surface area contributed by atoms with Crippen molar-refractivity contribution >= 4 is 11.7 Å². The molecule has 0 aliphatic heterocycles. The molecular formula is C7H8N2O3. The summed E-state index contributed by atoms with van der Waals surface area (Å²) in [5.74, 6) is -0.702. The lowest BCUT2D eigenvalue weighted by Gasteiger charge is -1.99. The zero-order valence-electron chi connectivity index (χ0n) is 6.74. The zero-order chi connectivity index (χ0) is 9.56. The van der Waals surface area contributed by atoms with Crippen molar-refractivity contribution in [3.05, 3.63) is 11.6 Å². The molecular weight excluding hydrogens is 160 g/mol. The molecule has 0 aliphatic rings. The highest BCUT2D eigenvalue weighted by Gasteiger charge is 2.12. The Kier molecular flexibility index (Phi) is 4.16. The molecule has 0 fully saturated rings. The topological polar surface area (TPSA) is 82.7 Å². The molecule has 0 aromatic carbocycles. The molecule has 0 saturated carbocycles. The highest BCUT2D eigenvalue weighted by molar-refractivity contribution is 6.18. The number of methoxy groups -OCH3 is 1. The summed E-state index contributed by atoms with van der Waals surface area (Å²) in [6, 6.07) is 1.64. The first-order chi connectivity index (χ1) is 5.67. The number of carbonyl (C=O) groups excluding carboxylic acids is 1. The molecule has 12 heavy (non-hydrogen) atoms. The van der Waals surface area contributed by atoms with Gasteiger partial charge in [0.1, 0.15) is 0 Å². The van der Waals surface area contributed by atoms with Gasteiger partial charge in [0.2, 0.25) is 0 Å². The van der Waals surface area contributed by atoms with E-state index in [9.17, 15) is 4.79 Å². The van der Waals surface area contributed by atoms with E-state index in [1.807, 2.05) is 0 Å². The number of hydrogen-bond acceptors (Lipinski definition) is 5. The molecule has 0 aromatic rings. The van der Waals surface area contributed by atoms with Gasteiger partial charge >= 0.3 is 5.97 Å². The number of hydrogen-bond donors (Lipinski definition) is 1. The van der Waals surface area contributed by atoms with Gasteiger partial charge in [0.05, 0.1) is 24.5 Å². The second kappa shape index (κ2) is 4.91. The number of oxime groups is 1. The highest BCUT2D eigenvalue weighted by atomic mass is 16.5. The summed E-state index contributed by atoms with van der Waals surface area (Å²) in [7, 11) is 1.18. The van der Waals surface area contributed by atoms with Crippen molar-refractivity contribution in [3.8, 4) is 6.07 Å². The Bertz CT molecular complexity index is 273. The van der Waals surface area contributed by atoms with Crippen molar-refractivity contribution in [1.29, 1.82) is 5.26 Å². The standard InChI is InChI=1S/C7H8N2O3/c1-5(9-11)6(3-4-8)7(10)12-2/h3,11H,1-2H3/b6-3-,9-5+. The smallest absolute Gasteiger partial charge is 0.340 e. The summed E-state index contributed by atoms with van der Waals surface area (Å²) >= 11 is 0. The largest absolute Gasteiger partial charge is 0.465 e. The predicted molar refractivity (Wildman–Crippen MR) is 40.6 cm³/mol. The van der Waals surface area contributed by atoms with Crippen molar-refractivity contribution in [1.82, 2.24) is 0 Å². The lowest BCUT2D eigenvalue weighted by Crippen LogP contribution is -2.11. The summed E-state index contributed by atoms with van der Waals surface area (Å²) in [6.07, 6.45) is 0.959. The van der Waals surface area contributed by atoms with Crippen LogP contribution in [0.4, 0.5) is 0 Å². The summed E-state index contributed by atoms with van der Waals surface area (Å²) < 4.78 is 4.34. The van der Waals surface area contributed by atoms with Gasteiger partial charge in [0, 0.05) is 6.08 Å². The molecule has 0 aliphatic carbocycles. The minimum atomic E-state index is -0.702. The molecule has 0 saturated heterocycles. The van der Waals surface area contributed by atoms with Crippen molar-refractivity contribution < 1.29 is 14.7 Å². The fourth-order valence-electron chi connectivity index (χ4n) is 0.539. The predicted octanol–water partition coefficient (Wildman–Crippen LogP) is 0.459. The number of esters is 1. The third-order valence-electron chi connectivity index (χ3n) is 1.15. The summed E-state index contributed by atoms with van der Waals surface area (Å²) in [5.41, 5.74) is -0.00843. The quantitative estimate of drug-likeness (QED) is 0.162. The van der Waals surface area contributed by atoms with Crippen LogP contribution in [0.1, 0.15) is 6.92 Å². The fourth-order valence-corrected chi connectivity index (χ4v) is 0.539. The molecule has 0 spiro atoms. The number of allylic oxidation sites excluding steroid dienone is 1. The fraction of sp³-hybridized carbons (Fsp3) is 0.286. The molecule has 0 amide bonds. The number of carbonyl (C=O) groups is 1. The van der Waals surface area contributed by atoms with Gasteiger partial charge < -0.3 is 9.94 Å². The van der Waals surface area contributed by atoms with Gasteiger partial charge in [-0.2, -0.15) is 5.26 Å². The van der Waals surface area contributed by atoms with Crippen LogP contribution in [0.15, 0.2) is 16.8 Å². The van der Waals surface area contributed by atoms with E-state index in [0.29, 0.717) is 0 Å². The summed E-state index contributed by atoms with van der Waals surface area (Å²) in [4.78, 5) is 10.9. The number of nitriles is 1. The maximum absolute atomic E-state index is 10.9. The van der Waals surface area contributed by atoms with Crippen LogP contribution in [0.5, 0.6) is 0 Å². The monoisotopic (exact) mass is 168 g/mol. The Labute approximate surface area is 69.6 Å². The van der Waals surface area contributed by atoms with E-state index < -0.39 is 5.97 Å². The van der Waals surface area contributed by atoms with Crippen LogP contribution < -0.4 is 0 Å². The Morgan fingerprint density at radius 2 is 2.33 bits per heavy atom. The average Bonchev–Trinajstić information content (AvgIpc) is 2.11. The van der Waals surface area contributed by atoms with Crippen molar-refractivity contribution in [2.75, 3.05) is 7.11 Å². The Morgan fingerprint density at radius 1 is 1.75 bits per heavy atom. The van der Waals surface area contributed by atoms with Crippen LogP contribution in [0.25, 0.3) is 0 Å². The van der Waals surface area contributed by atoms with Crippen LogP contribution in [0, 0.1) is 11.3 Å². The normalized spacial score (nSPS) is 12.1. The van der Waals surface area contributed by atoms with Gasteiger partial charge in [0.15, 0.2) is 0 Å². The molecule has 0 bridgehead atoms. The zero-order valence-corrected chi connectivity index (χ0v) is 6.74. The molecule has 5 nitrogen and oxygen atoms in total. The Balaban J connectivity index is 4.84. The SMILES string of the molecule is COC(=O)C(=C\C#N)/C(C)=N/O. The molecule has 0 rings (SSSR count). The molecule has 64 valence electrons. The van der Waals surface area contributed by atoms with Gasteiger partial charge in [-0.1, -0.05) is 5.16 Å². The van der Waals surface area contributed by atoms with E-state index in [2.05, 4.69) is 9.89 Å². The molecule has 5 heteroatoms. The average molecular weight is 168 g/mol. The third kappa shape index (κ3) is 2.42. The van der Waals surface area contributed by atoms with Gasteiger partial charge in [-0.3, -0.25) is 0 Å². The van der Waals surface area contributed by atoms with Gasteiger partial charge in [-0.15, -0.1) is 0 Å². The van der Waals surface area contributed by atoms with Crippen LogP contribution in [-0.4, -0.2) is 24.0 Å². The Morgan fingerprint density at radius 3 is 2.67 bits per heavy atom. The molecule has 0 unspecified atom stereocenters. The van der Waals surface area contributed by atoms with Crippen LogP contribution in [0.3, 0.4) is 0 Å². The minimum Gasteiger partial charge on any atom is -0.465 e. The number of ether oxygens (including phenoxy) is 1. The van der Waals surface area contributed by atoms with Crippen molar-refractivity contribution in [2.24, 2.45) is 5.16 Å².